The highest BCUT2D eigenvalue weighted by atomic mass is 79.9. The van der Waals surface area contributed by atoms with Gasteiger partial charge in [0.15, 0.2) is 0 Å². The zero-order chi connectivity index (χ0) is 15.2. The molecule has 1 unspecified atom stereocenters. The molecule has 0 saturated carbocycles. The van der Waals surface area contributed by atoms with Crippen molar-refractivity contribution in [2.24, 2.45) is 0 Å². The minimum atomic E-state index is -0.319. The lowest BCUT2D eigenvalue weighted by Gasteiger charge is -2.19. The van der Waals surface area contributed by atoms with E-state index in [9.17, 15) is 4.39 Å². The van der Waals surface area contributed by atoms with Gasteiger partial charge in [0.1, 0.15) is 11.6 Å². The number of benzene rings is 1. The number of halogens is 2. The van der Waals surface area contributed by atoms with E-state index in [-0.39, 0.29) is 11.9 Å². The molecule has 0 fully saturated rings. The molecule has 0 spiro atoms. The third-order valence-electron chi connectivity index (χ3n) is 3.26. The Balaban J connectivity index is 2.28. The van der Waals surface area contributed by atoms with Crippen molar-refractivity contribution in [1.29, 1.82) is 0 Å². The average Bonchev–Trinajstić information content (AvgIpc) is 2.49. The van der Waals surface area contributed by atoms with E-state index in [4.69, 9.17) is 4.74 Å². The zero-order valence-corrected chi connectivity index (χ0v) is 13.7. The van der Waals surface area contributed by atoms with E-state index < -0.39 is 0 Å². The van der Waals surface area contributed by atoms with Gasteiger partial charge >= 0.3 is 0 Å². The fourth-order valence-electron chi connectivity index (χ4n) is 2.23. The monoisotopic (exact) mass is 352 g/mol. The lowest BCUT2D eigenvalue weighted by Crippen LogP contribution is -2.23. The molecule has 21 heavy (non-hydrogen) atoms. The van der Waals surface area contributed by atoms with Crippen molar-refractivity contribution < 1.29 is 9.13 Å². The fraction of sp³-hybridized carbons (Fsp3) is 0.312. The summed E-state index contributed by atoms with van der Waals surface area (Å²) in [6.45, 7) is 2.82. The molecule has 1 aromatic heterocycles. The molecule has 2 aromatic rings. The van der Waals surface area contributed by atoms with Crippen molar-refractivity contribution in [3.8, 4) is 5.75 Å². The summed E-state index contributed by atoms with van der Waals surface area (Å²) in [7, 11) is 1.64. The van der Waals surface area contributed by atoms with Gasteiger partial charge in [-0.3, -0.25) is 4.98 Å². The van der Waals surface area contributed by atoms with Crippen molar-refractivity contribution in [2.45, 2.75) is 19.4 Å². The summed E-state index contributed by atoms with van der Waals surface area (Å²) in [5.74, 6) is 0.487. The largest absolute Gasteiger partial charge is 0.497 e. The van der Waals surface area contributed by atoms with Gasteiger partial charge in [-0.05, 0) is 48.4 Å². The van der Waals surface area contributed by atoms with Crippen LogP contribution in [0.15, 0.2) is 41.1 Å². The van der Waals surface area contributed by atoms with E-state index in [1.165, 1.54) is 12.3 Å². The average molecular weight is 353 g/mol. The van der Waals surface area contributed by atoms with Gasteiger partial charge in [0.05, 0.1) is 13.3 Å². The van der Waals surface area contributed by atoms with Crippen LogP contribution in [0.25, 0.3) is 0 Å². The lowest BCUT2D eigenvalue weighted by molar-refractivity contribution is 0.413. The summed E-state index contributed by atoms with van der Waals surface area (Å²) < 4.78 is 19.7. The van der Waals surface area contributed by atoms with Crippen LogP contribution < -0.4 is 10.1 Å². The third kappa shape index (κ3) is 4.25. The molecule has 0 amide bonds. The van der Waals surface area contributed by atoms with Crippen LogP contribution in [0.4, 0.5) is 4.39 Å². The summed E-state index contributed by atoms with van der Waals surface area (Å²) in [5, 5.41) is 3.37. The van der Waals surface area contributed by atoms with E-state index in [1.54, 1.807) is 13.3 Å². The minimum Gasteiger partial charge on any atom is -0.497 e. The molecule has 1 atom stereocenters. The Morgan fingerprint density at radius 3 is 2.81 bits per heavy atom. The third-order valence-corrected chi connectivity index (χ3v) is 4.03. The SMILES string of the molecule is CCNC(Cc1cc(OC)ccc1Br)c1cncc(F)c1. The molecule has 3 nitrogen and oxygen atoms in total. The van der Waals surface area contributed by atoms with Crippen molar-refractivity contribution >= 4 is 15.9 Å². The Bertz CT molecular complexity index is 607. The predicted octanol–water partition coefficient (Wildman–Crippen LogP) is 3.89. The van der Waals surface area contributed by atoms with Crippen LogP contribution in [0.1, 0.15) is 24.1 Å². The van der Waals surface area contributed by atoms with Gasteiger partial charge < -0.3 is 10.1 Å². The number of nitrogens with one attached hydrogen (secondary N) is 1. The topological polar surface area (TPSA) is 34.1 Å². The number of nitrogens with zero attached hydrogens (tertiary/aromatic N) is 1. The van der Waals surface area contributed by atoms with Gasteiger partial charge in [0.2, 0.25) is 0 Å². The number of ether oxygens (including phenoxy) is 1. The number of rotatable bonds is 6. The van der Waals surface area contributed by atoms with E-state index in [0.29, 0.717) is 0 Å². The van der Waals surface area contributed by atoms with Gasteiger partial charge in [-0.25, -0.2) is 4.39 Å². The molecule has 0 bridgehead atoms. The first-order chi connectivity index (χ1) is 10.1. The number of aromatic nitrogens is 1. The highest BCUT2D eigenvalue weighted by Crippen LogP contribution is 2.27. The summed E-state index contributed by atoms with van der Waals surface area (Å²) in [5.41, 5.74) is 1.94. The summed E-state index contributed by atoms with van der Waals surface area (Å²) >= 11 is 3.55. The van der Waals surface area contributed by atoms with Crippen LogP contribution in [-0.2, 0) is 6.42 Å². The first-order valence-electron chi connectivity index (χ1n) is 6.80. The highest BCUT2D eigenvalue weighted by molar-refractivity contribution is 9.10. The van der Waals surface area contributed by atoms with Crippen LogP contribution >= 0.6 is 15.9 Å². The smallest absolute Gasteiger partial charge is 0.141 e. The van der Waals surface area contributed by atoms with Crippen LogP contribution in [0.5, 0.6) is 5.75 Å². The molecule has 5 heteroatoms. The number of hydrogen-bond donors (Lipinski definition) is 1. The second-order valence-corrected chi connectivity index (χ2v) is 5.56. The molecule has 0 aliphatic rings. The van der Waals surface area contributed by atoms with Gasteiger partial charge in [0, 0.05) is 16.7 Å². The number of likely N-dealkylation sites (N-methyl/N-ethyl adjacent to an activating group) is 1. The van der Waals surface area contributed by atoms with E-state index in [0.717, 1.165) is 34.3 Å². The molecular weight excluding hydrogens is 335 g/mol. The van der Waals surface area contributed by atoms with Gasteiger partial charge in [-0.15, -0.1) is 0 Å². The Kier molecular flexibility index (Phi) is 5.70. The maximum Gasteiger partial charge on any atom is 0.141 e. The fourth-order valence-corrected chi connectivity index (χ4v) is 2.64. The van der Waals surface area contributed by atoms with Crippen LogP contribution in [-0.4, -0.2) is 18.6 Å². The number of hydrogen-bond acceptors (Lipinski definition) is 3. The van der Waals surface area contributed by atoms with Crippen LogP contribution in [0.3, 0.4) is 0 Å². The predicted molar refractivity (Wildman–Crippen MR) is 85.0 cm³/mol. The molecule has 1 heterocycles. The molecule has 0 radical (unpaired) electrons. The van der Waals surface area contributed by atoms with Gasteiger partial charge in [-0.1, -0.05) is 22.9 Å². The Morgan fingerprint density at radius 2 is 2.14 bits per heavy atom. The molecular formula is C16H18BrFN2O. The maximum absolute atomic E-state index is 13.4. The van der Waals surface area contributed by atoms with Crippen molar-refractivity contribution in [2.75, 3.05) is 13.7 Å². The lowest BCUT2D eigenvalue weighted by atomic mass is 10.00. The number of pyridine rings is 1. The molecule has 0 saturated heterocycles. The maximum atomic E-state index is 13.4. The van der Waals surface area contributed by atoms with Crippen LogP contribution in [0.2, 0.25) is 0 Å². The summed E-state index contributed by atoms with van der Waals surface area (Å²) in [6, 6.07) is 7.37. The van der Waals surface area contributed by atoms with E-state index in [1.807, 2.05) is 25.1 Å². The first-order valence-corrected chi connectivity index (χ1v) is 7.59. The molecule has 2 rings (SSSR count). The Morgan fingerprint density at radius 1 is 1.33 bits per heavy atom. The number of methoxy groups -OCH3 is 1. The molecule has 112 valence electrons. The van der Waals surface area contributed by atoms with E-state index in [2.05, 4.69) is 26.2 Å². The molecule has 0 aliphatic carbocycles. The zero-order valence-electron chi connectivity index (χ0n) is 12.1. The minimum absolute atomic E-state index is 0.00149. The second kappa shape index (κ2) is 7.52. The molecule has 1 aromatic carbocycles. The van der Waals surface area contributed by atoms with Crippen molar-refractivity contribution in [1.82, 2.24) is 10.3 Å². The Hall–Kier alpha value is -1.46. The summed E-state index contributed by atoms with van der Waals surface area (Å²) in [4.78, 5) is 3.93. The normalized spacial score (nSPS) is 12.2. The Labute approximate surface area is 132 Å². The highest BCUT2D eigenvalue weighted by Gasteiger charge is 2.14. The quantitative estimate of drug-likeness (QED) is 0.856. The standard InChI is InChI=1S/C16H18BrFN2O/c1-3-20-16(12-6-13(18)10-19-9-12)8-11-7-14(21-2)4-5-15(11)17/h4-7,9-10,16,20H,3,8H2,1-2H3. The molecule has 1 N–H and O–H groups in total. The van der Waals surface area contributed by atoms with Gasteiger partial charge in [0.25, 0.3) is 0 Å². The summed E-state index contributed by atoms with van der Waals surface area (Å²) in [6.07, 6.45) is 3.63. The van der Waals surface area contributed by atoms with Crippen molar-refractivity contribution in [3.63, 3.8) is 0 Å². The van der Waals surface area contributed by atoms with Crippen molar-refractivity contribution in [3.05, 3.63) is 58.1 Å². The first kappa shape index (κ1) is 15.9. The second-order valence-electron chi connectivity index (χ2n) is 4.71. The van der Waals surface area contributed by atoms with Crippen LogP contribution in [0, 0.1) is 5.82 Å². The van der Waals surface area contributed by atoms with Gasteiger partial charge in [-0.2, -0.15) is 0 Å². The molecule has 0 aliphatic heterocycles. The van der Waals surface area contributed by atoms with E-state index >= 15 is 0 Å².